The quantitative estimate of drug-likeness (QED) is 0.855. The van der Waals surface area contributed by atoms with Crippen molar-refractivity contribution in [2.45, 2.75) is 43.5 Å². The van der Waals surface area contributed by atoms with Crippen molar-refractivity contribution < 1.29 is 13.2 Å². The second-order valence-corrected chi connectivity index (χ2v) is 8.76. The van der Waals surface area contributed by atoms with Crippen LogP contribution in [0.4, 0.5) is 0 Å². The summed E-state index contributed by atoms with van der Waals surface area (Å²) in [7, 11) is -3.58. The van der Waals surface area contributed by atoms with Crippen LogP contribution in [0.1, 0.15) is 54.6 Å². The highest BCUT2D eigenvalue weighted by molar-refractivity contribution is 7.89. The first-order valence-electron chi connectivity index (χ1n) is 9.29. The monoisotopic (exact) mass is 387 g/mol. The summed E-state index contributed by atoms with van der Waals surface area (Å²) >= 11 is 0. The molecule has 1 unspecified atom stereocenters. The summed E-state index contributed by atoms with van der Waals surface area (Å²) in [5.41, 5.74) is 1.28. The SMILES string of the molecule is CC(NC(=O)c1cccc(S(=O)(=O)N2CCCCCC2)c1)c1ccncc1. The number of hydrogen-bond donors (Lipinski definition) is 1. The number of carbonyl (C=O) groups is 1. The maximum atomic E-state index is 12.9. The van der Waals surface area contributed by atoms with E-state index >= 15 is 0 Å². The predicted octanol–water partition coefficient (Wildman–Crippen LogP) is 3.14. The standard InChI is InChI=1S/C20H25N3O3S/c1-16(17-9-11-21-12-10-17)22-20(24)18-7-6-8-19(15-18)27(25,26)23-13-4-2-3-5-14-23/h6-12,15-16H,2-5,13-14H2,1H3,(H,22,24). The molecule has 0 bridgehead atoms. The van der Waals surface area contributed by atoms with Crippen LogP contribution in [-0.4, -0.2) is 36.7 Å². The molecule has 1 N–H and O–H groups in total. The zero-order valence-corrected chi connectivity index (χ0v) is 16.3. The largest absolute Gasteiger partial charge is 0.346 e. The lowest BCUT2D eigenvalue weighted by molar-refractivity contribution is 0.0939. The molecule has 0 spiro atoms. The smallest absolute Gasteiger partial charge is 0.251 e. The molecule has 0 aliphatic carbocycles. The maximum absolute atomic E-state index is 12.9. The number of hydrogen-bond acceptors (Lipinski definition) is 4. The van der Waals surface area contributed by atoms with Gasteiger partial charge in [0.1, 0.15) is 0 Å². The normalized spacial score (nSPS) is 17.1. The number of nitrogens with one attached hydrogen (secondary N) is 1. The van der Waals surface area contributed by atoms with E-state index in [2.05, 4.69) is 10.3 Å². The van der Waals surface area contributed by atoms with Crippen LogP contribution in [0, 0.1) is 0 Å². The molecule has 0 radical (unpaired) electrons. The number of nitrogens with zero attached hydrogens (tertiary/aromatic N) is 2. The molecule has 1 atom stereocenters. The highest BCUT2D eigenvalue weighted by Crippen LogP contribution is 2.21. The Morgan fingerprint density at radius 2 is 1.74 bits per heavy atom. The summed E-state index contributed by atoms with van der Waals surface area (Å²) in [5.74, 6) is -0.299. The van der Waals surface area contributed by atoms with Gasteiger partial charge in [-0.25, -0.2) is 8.42 Å². The van der Waals surface area contributed by atoms with Crippen LogP contribution in [0.3, 0.4) is 0 Å². The third-order valence-electron chi connectivity index (χ3n) is 4.85. The molecule has 1 fully saturated rings. The predicted molar refractivity (Wildman–Crippen MR) is 104 cm³/mol. The lowest BCUT2D eigenvalue weighted by Crippen LogP contribution is -2.32. The molecule has 144 valence electrons. The minimum Gasteiger partial charge on any atom is -0.346 e. The van der Waals surface area contributed by atoms with Crippen LogP contribution >= 0.6 is 0 Å². The van der Waals surface area contributed by atoms with E-state index in [0.717, 1.165) is 31.2 Å². The Labute approximate surface area is 160 Å². The molecule has 2 heterocycles. The Morgan fingerprint density at radius 1 is 1.07 bits per heavy atom. The number of carbonyl (C=O) groups excluding carboxylic acids is 1. The van der Waals surface area contributed by atoms with E-state index in [1.165, 1.54) is 10.4 Å². The van der Waals surface area contributed by atoms with Crippen LogP contribution in [0.5, 0.6) is 0 Å². The van der Waals surface area contributed by atoms with Crippen molar-refractivity contribution in [2.24, 2.45) is 0 Å². The van der Waals surface area contributed by atoms with Gasteiger partial charge in [-0.2, -0.15) is 4.31 Å². The van der Waals surface area contributed by atoms with Gasteiger partial charge in [0.2, 0.25) is 10.0 Å². The van der Waals surface area contributed by atoms with E-state index < -0.39 is 10.0 Å². The third-order valence-corrected chi connectivity index (χ3v) is 6.75. The molecule has 0 saturated carbocycles. The molecule has 27 heavy (non-hydrogen) atoms. The van der Waals surface area contributed by atoms with Gasteiger partial charge in [0.25, 0.3) is 5.91 Å². The highest BCUT2D eigenvalue weighted by atomic mass is 32.2. The Balaban J connectivity index is 1.77. The zero-order chi connectivity index (χ0) is 19.3. The molecule has 1 aliphatic rings. The maximum Gasteiger partial charge on any atom is 0.251 e. The van der Waals surface area contributed by atoms with Crippen LogP contribution in [-0.2, 0) is 10.0 Å². The van der Waals surface area contributed by atoms with Crippen LogP contribution in [0.25, 0.3) is 0 Å². The lowest BCUT2D eigenvalue weighted by atomic mass is 10.1. The van der Waals surface area contributed by atoms with E-state index in [-0.39, 0.29) is 16.8 Å². The van der Waals surface area contributed by atoms with Gasteiger partial charge in [-0.15, -0.1) is 0 Å². The molecular formula is C20H25N3O3S. The molecular weight excluding hydrogens is 362 g/mol. The van der Waals surface area contributed by atoms with Gasteiger partial charge >= 0.3 is 0 Å². The van der Waals surface area contributed by atoms with Crippen molar-refractivity contribution in [1.29, 1.82) is 0 Å². The molecule has 1 aliphatic heterocycles. The number of benzene rings is 1. The van der Waals surface area contributed by atoms with Gasteiger partial charge in [0.05, 0.1) is 10.9 Å². The van der Waals surface area contributed by atoms with Crippen LogP contribution < -0.4 is 5.32 Å². The number of pyridine rings is 1. The summed E-state index contributed by atoms with van der Waals surface area (Å²) in [6.45, 7) is 2.96. The van der Waals surface area contributed by atoms with E-state index in [0.29, 0.717) is 18.7 Å². The molecule has 7 heteroatoms. The van der Waals surface area contributed by atoms with Gasteiger partial charge < -0.3 is 5.32 Å². The Bertz CT molecular complexity index is 876. The molecule has 1 aromatic carbocycles. The summed E-state index contributed by atoms with van der Waals surface area (Å²) in [6.07, 6.45) is 7.22. The molecule has 1 saturated heterocycles. The molecule has 3 rings (SSSR count). The first-order valence-corrected chi connectivity index (χ1v) is 10.7. The summed E-state index contributed by atoms with van der Waals surface area (Å²) in [6, 6.07) is 9.76. The average molecular weight is 388 g/mol. The molecule has 1 aromatic heterocycles. The second-order valence-electron chi connectivity index (χ2n) is 6.82. The number of amides is 1. The van der Waals surface area contributed by atoms with Crippen LogP contribution in [0.15, 0.2) is 53.7 Å². The average Bonchev–Trinajstić information content (AvgIpc) is 2.99. The Hall–Kier alpha value is -2.25. The van der Waals surface area contributed by atoms with Crippen molar-refractivity contribution in [3.8, 4) is 0 Å². The van der Waals surface area contributed by atoms with Gasteiger partial charge in [-0.1, -0.05) is 18.9 Å². The lowest BCUT2D eigenvalue weighted by Gasteiger charge is -2.20. The molecule has 6 nitrogen and oxygen atoms in total. The second kappa shape index (κ2) is 8.63. The van der Waals surface area contributed by atoms with E-state index in [1.807, 2.05) is 19.1 Å². The minimum absolute atomic E-state index is 0.175. The van der Waals surface area contributed by atoms with E-state index in [9.17, 15) is 13.2 Å². The fraction of sp³-hybridized carbons (Fsp3) is 0.400. The fourth-order valence-corrected chi connectivity index (χ4v) is 4.81. The first kappa shape index (κ1) is 19.5. The number of sulfonamides is 1. The highest BCUT2D eigenvalue weighted by Gasteiger charge is 2.26. The fourth-order valence-electron chi connectivity index (χ4n) is 3.24. The minimum atomic E-state index is -3.58. The number of rotatable bonds is 5. The van der Waals surface area contributed by atoms with Gasteiger partial charge in [-0.3, -0.25) is 9.78 Å². The van der Waals surface area contributed by atoms with Crippen molar-refractivity contribution in [1.82, 2.24) is 14.6 Å². The van der Waals surface area contributed by atoms with Gasteiger partial charge in [-0.05, 0) is 55.7 Å². The number of aromatic nitrogens is 1. The summed E-state index contributed by atoms with van der Waals surface area (Å²) < 4.78 is 27.4. The van der Waals surface area contributed by atoms with E-state index in [4.69, 9.17) is 0 Å². The van der Waals surface area contributed by atoms with E-state index in [1.54, 1.807) is 30.6 Å². The first-order chi connectivity index (χ1) is 13.0. The third kappa shape index (κ3) is 4.73. The molecule has 2 aromatic rings. The summed E-state index contributed by atoms with van der Waals surface area (Å²) in [5, 5.41) is 2.91. The van der Waals surface area contributed by atoms with Gasteiger partial charge in [0.15, 0.2) is 0 Å². The summed E-state index contributed by atoms with van der Waals surface area (Å²) in [4.78, 5) is 16.7. The van der Waals surface area contributed by atoms with Gasteiger partial charge in [0, 0.05) is 31.0 Å². The Kier molecular flexibility index (Phi) is 6.23. The Morgan fingerprint density at radius 3 is 2.41 bits per heavy atom. The zero-order valence-electron chi connectivity index (χ0n) is 15.5. The van der Waals surface area contributed by atoms with Crippen molar-refractivity contribution in [3.05, 3.63) is 59.9 Å². The van der Waals surface area contributed by atoms with Crippen molar-refractivity contribution in [3.63, 3.8) is 0 Å². The topological polar surface area (TPSA) is 79.4 Å². The van der Waals surface area contributed by atoms with Crippen LogP contribution in [0.2, 0.25) is 0 Å². The van der Waals surface area contributed by atoms with Crippen molar-refractivity contribution in [2.75, 3.05) is 13.1 Å². The van der Waals surface area contributed by atoms with Crippen molar-refractivity contribution >= 4 is 15.9 Å². The molecule has 1 amide bonds.